The number of carbonyl (C=O) groups is 1. The highest BCUT2D eigenvalue weighted by Crippen LogP contribution is 2.40. The second-order valence-corrected chi connectivity index (χ2v) is 8.31. The molecule has 1 saturated heterocycles. The number of likely N-dealkylation sites (tertiary alicyclic amines) is 1. The molecule has 2 fully saturated rings. The van der Waals surface area contributed by atoms with Crippen LogP contribution in [0.15, 0.2) is 54.6 Å². The van der Waals surface area contributed by atoms with E-state index in [1.807, 2.05) is 24.3 Å². The van der Waals surface area contributed by atoms with Crippen LogP contribution in [0.5, 0.6) is 5.75 Å². The molecule has 29 heavy (non-hydrogen) atoms. The summed E-state index contributed by atoms with van der Waals surface area (Å²) in [6.45, 7) is 4.05. The zero-order chi connectivity index (χ0) is 20.1. The summed E-state index contributed by atoms with van der Waals surface area (Å²) in [5, 5.41) is 12.5. The number of hydrogen-bond donors (Lipinski definition) is 2. The topological polar surface area (TPSA) is 61.8 Å². The van der Waals surface area contributed by atoms with Crippen LogP contribution >= 0.6 is 0 Å². The Morgan fingerprint density at radius 2 is 1.79 bits per heavy atom. The van der Waals surface area contributed by atoms with E-state index in [0.29, 0.717) is 17.7 Å². The lowest BCUT2D eigenvalue weighted by Gasteiger charge is -2.32. The molecule has 2 aliphatic rings. The summed E-state index contributed by atoms with van der Waals surface area (Å²) in [5.41, 5.74) is 2.71. The lowest BCUT2D eigenvalue weighted by atomic mass is 9.96. The Morgan fingerprint density at radius 1 is 1.07 bits per heavy atom. The molecule has 4 rings (SSSR count). The zero-order valence-electron chi connectivity index (χ0n) is 16.8. The number of rotatable bonds is 9. The zero-order valence-corrected chi connectivity index (χ0v) is 16.8. The van der Waals surface area contributed by atoms with Crippen LogP contribution < -0.4 is 10.1 Å². The van der Waals surface area contributed by atoms with Crippen molar-refractivity contribution in [2.75, 3.05) is 26.2 Å². The van der Waals surface area contributed by atoms with Crippen molar-refractivity contribution in [2.24, 2.45) is 5.92 Å². The van der Waals surface area contributed by atoms with E-state index in [2.05, 4.69) is 40.5 Å². The van der Waals surface area contributed by atoms with Crippen molar-refractivity contribution in [3.05, 3.63) is 65.7 Å². The van der Waals surface area contributed by atoms with Gasteiger partial charge in [0.15, 0.2) is 6.61 Å². The standard InChI is InChI=1S/C24H30N2O3/c27-24(28)17-29-21-8-6-19(7-9-21)16-26-12-10-18(11-13-26)15-25-23-14-22(23)20-4-2-1-3-5-20/h1-9,18,22-23,25H,10-17H2,(H,27,28). The van der Waals surface area contributed by atoms with Crippen molar-refractivity contribution >= 4 is 5.97 Å². The summed E-state index contributed by atoms with van der Waals surface area (Å²) in [5.74, 6) is 1.13. The fourth-order valence-corrected chi connectivity index (χ4v) is 4.25. The van der Waals surface area contributed by atoms with Crippen molar-refractivity contribution in [2.45, 2.75) is 37.8 Å². The maximum atomic E-state index is 10.6. The minimum Gasteiger partial charge on any atom is -0.482 e. The molecular weight excluding hydrogens is 364 g/mol. The molecule has 1 aliphatic heterocycles. The molecule has 5 heteroatoms. The first kappa shape index (κ1) is 19.9. The molecule has 2 aromatic carbocycles. The van der Waals surface area contributed by atoms with Gasteiger partial charge in [-0.1, -0.05) is 42.5 Å². The van der Waals surface area contributed by atoms with Gasteiger partial charge in [0.2, 0.25) is 0 Å². The molecule has 1 heterocycles. The molecule has 0 bridgehead atoms. The van der Waals surface area contributed by atoms with Gasteiger partial charge in [0.25, 0.3) is 0 Å². The largest absolute Gasteiger partial charge is 0.482 e. The fraction of sp³-hybridized carbons (Fsp3) is 0.458. The van der Waals surface area contributed by atoms with E-state index in [1.54, 1.807) is 0 Å². The quantitative estimate of drug-likeness (QED) is 0.682. The highest BCUT2D eigenvalue weighted by atomic mass is 16.5. The SMILES string of the molecule is O=C(O)COc1ccc(CN2CCC(CNC3CC3c3ccccc3)CC2)cc1. The summed E-state index contributed by atoms with van der Waals surface area (Å²) in [6.07, 6.45) is 3.76. The van der Waals surface area contributed by atoms with E-state index in [4.69, 9.17) is 9.84 Å². The van der Waals surface area contributed by atoms with Crippen LogP contribution in [0.2, 0.25) is 0 Å². The number of ether oxygens (including phenoxy) is 1. The maximum absolute atomic E-state index is 10.6. The van der Waals surface area contributed by atoms with Gasteiger partial charge in [-0.15, -0.1) is 0 Å². The first-order valence-electron chi connectivity index (χ1n) is 10.6. The third kappa shape index (κ3) is 5.81. The Bertz CT molecular complexity index is 786. The Balaban J connectivity index is 1.14. The molecule has 5 nitrogen and oxygen atoms in total. The minimum atomic E-state index is -0.955. The Hall–Kier alpha value is -2.37. The van der Waals surface area contributed by atoms with Gasteiger partial charge in [-0.25, -0.2) is 4.79 Å². The average Bonchev–Trinajstić information content (AvgIpc) is 3.53. The highest BCUT2D eigenvalue weighted by Gasteiger charge is 2.38. The van der Waals surface area contributed by atoms with E-state index in [0.717, 1.165) is 32.1 Å². The Kier molecular flexibility index (Phi) is 6.47. The molecule has 1 saturated carbocycles. The number of hydrogen-bond acceptors (Lipinski definition) is 4. The van der Waals surface area contributed by atoms with E-state index < -0.39 is 5.97 Å². The molecule has 2 aromatic rings. The van der Waals surface area contributed by atoms with Gasteiger partial charge in [0.05, 0.1) is 0 Å². The first-order valence-corrected chi connectivity index (χ1v) is 10.6. The highest BCUT2D eigenvalue weighted by molar-refractivity contribution is 5.68. The van der Waals surface area contributed by atoms with E-state index in [-0.39, 0.29) is 6.61 Å². The van der Waals surface area contributed by atoms with E-state index in [1.165, 1.54) is 30.4 Å². The predicted molar refractivity (Wildman–Crippen MR) is 113 cm³/mol. The van der Waals surface area contributed by atoms with E-state index >= 15 is 0 Å². The maximum Gasteiger partial charge on any atom is 0.341 e. The van der Waals surface area contributed by atoms with Crippen LogP contribution in [0.1, 0.15) is 36.3 Å². The predicted octanol–water partition coefficient (Wildman–Crippen LogP) is 3.51. The molecule has 0 amide bonds. The first-order chi connectivity index (χ1) is 14.2. The molecular formula is C24H30N2O3. The summed E-state index contributed by atoms with van der Waals surface area (Å²) >= 11 is 0. The molecule has 0 radical (unpaired) electrons. The molecule has 0 aromatic heterocycles. The van der Waals surface area contributed by atoms with Crippen LogP contribution in [0, 0.1) is 5.92 Å². The normalized spacial score (nSPS) is 22.3. The summed E-state index contributed by atoms with van der Waals surface area (Å²) < 4.78 is 5.19. The molecule has 2 atom stereocenters. The number of nitrogens with zero attached hydrogens (tertiary/aromatic N) is 1. The van der Waals surface area contributed by atoms with Gasteiger partial charge < -0.3 is 15.2 Å². The lowest BCUT2D eigenvalue weighted by Crippen LogP contribution is -2.37. The van der Waals surface area contributed by atoms with Gasteiger partial charge in [0.1, 0.15) is 5.75 Å². The number of carboxylic acids is 1. The molecule has 1 aliphatic carbocycles. The summed E-state index contributed by atoms with van der Waals surface area (Å²) in [7, 11) is 0. The minimum absolute atomic E-state index is 0.298. The Morgan fingerprint density at radius 3 is 2.48 bits per heavy atom. The summed E-state index contributed by atoms with van der Waals surface area (Å²) in [4.78, 5) is 13.1. The second-order valence-electron chi connectivity index (χ2n) is 8.31. The van der Waals surface area contributed by atoms with Crippen LogP contribution in [0.3, 0.4) is 0 Å². The van der Waals surface area contributed by atoms with Crippen molar-refractivity contribution in [1.82, 2.24) is 10.2 Å². The third-order valence-electron chi connectivity index (χ3n) is 6.09. The monoisotopic (exact) mass is 394 g/mol. The lowest BCUT2D eigenvalue weighted by molar-refractivity contribution is -0.139. The fourth-order valence-electron chi connectivity index (χ4n) is 4.25. The van der Waals surface area contributed by atoms with Crippen LogP contribution in [-0.4, -0.2) is 48.3 Å². The molecule has 2 unspecified atom stereocenters. The van der Waals surface area contributed by atoms with Crippen LogP contribution in [0.4, 0.5) is 0 Å². The molecule has 0 spiro atoms. The van der Waals surface area contributed by atoms with Crippen molar-refractivity contribution in [3.63, 3.8) is 0 Å². The number of piperidine rings is 1. The van der Waals surface area contributed by atoms with Crippen molar-refractivity contribution < 1.29 is 14.6 Å². The van der Waals surface area contributed by atoms with Crippen molar-refractivity contribution in [1.29, 1.82) is 0 Å². The average molecular weight is 395 g/mol. The smallest absolute Gasteiger partial charge is 0.341 e. The third-order valence-corrected chi connectivity index (χ3v) is 6.09. The summed E-state index contributed by atoms with van der Waals surface area (Å²) in [6, 6.07) is 19.3. The van der Waals surface area contributed by atoms with E-state index in [9.17, 15) is 4.79 Å². The second kappa shape index (κ2) is 9.42. The van der Waals surface area contributed by atoms with Gasteiger partial charge in [-0.05, 0) is 68.1 Å². The number of nitrogens with one attached hydrogen (secondary N) is 1. The molecule has 2 N–H and O–H groups in total. The van der Waals surface area contributed by atoms with Gasteiger partial charge in [0, 0.05) is 18.5 Å². The van der Waals surface area contributed by atoms with Crippen LogP contribution in [-0.2, 0) is 11.3 Å². The molecule has 154 valence electrons. The number of benzene rings is 2. The number of carboxylic acid groups (broad SMARTS) is 1. The number of aliphatic carboxylic acids is 1. The van der Waals surface area contributed by atoms with Gasteiger partial charge >= 0.3 is 5.97 Å². The van der Waals surface area contributed by atoms with Crippen molar-refractivity contribution in [3.8, 4) is 5.75 Å². The van der Waals surface area contributed by atoms with Crippen LogP contribution in [0.25, 0.3) is 0 Å². The van der Waals surface area contributed by atoms with Gasteiger partial charge in [-0.3, -0.25) is 4.90 Å². The Labute approximate surface area is 172 Å². The van der Waals surface area contributed by atoms with Gasteiger partial charge in [-0.2, -0.15) is 0 Å².